The van der Waals surface area contributed by atoms with Crippen molar-refractivity contribution < 1.29 is 9.59 Å². The molecule has 6 nitrogen and oxygen atoms in total. The molecule has 1 unspecified atom stereocenters. The number of nitrogens with zero attached hydrogens (tertiary/aromatic N) is 2. The highest BCUT2D eigenvalue weighted by Crippen LogP contribution is 2.19. The van der Waals surface area contributed by atoms with Crippen LogP contribution in [0.3, 0.4) is 0 Å². The van der Waals surface area contributed by atoms with Gasteiger partial charge in [0.1, 0.15) is 6.04 Å². The van der Waals surface area contributed by atoms with E-state index in [2.05, 4.69) is 15.5 Å². The molecule has 0 aliphatic rings. The number of aromatic nitrogens is 2. The van der Waals surface area contributed by atoms with E-state index in [-0.39, 0.29) is 11.8 Å². The van der Waals surface area contributed by atoms with E-state index >= 15 is 0 Å². The number of fused-ring (bicyclic) bond motifs is 1. The minimum Gasteiger partial charge on any atom is -0.347 e. The van der Waals surface area contributed by atoms with Crippen molar-refractivity contribution in [3.63, 3.8) is 0 Å². The molecule has 122 valence electrons. The van der Waals surface area contributed by atoms with E-state index in [1.165, 1.54) is 4.90 Å². The number of carbonyl (C=O) groups excluding carboxylic acids is 2. The molecular formula is C18H18N4O2. The minimum absolute atomic E-state index is 0.186. The van der Waals surface area contributed by atoms with Crippen LogP contribution in [-0.4, -0.2) is 41.0 Å². The molecule has 0 saturated heterocycles. The number of rotatable bonds is 4. The Kier molecular flexibility index (Phi) is 4.29. The predicted molar refractivity (Wildman–Crippen MR) is 91.4 cm³/mol. The lowest BCUT2D eigenvalue weighted by atomic mass is 10.0. The zero-order chi connectivity index (χ0) is 17.1. The fraction of sp³-hybridized carbons (Fsp3) is 0.167. The van der Waals surface area contributed by atoms with Gasteiger partial charge in [-0.15, -0.1) is 0 Å². The number of carbonyl (C=O) groups is 2. The van der Waals surface area contributed by atoms with Crippen molar-refractivity contribution in [2.45, 2.75) is 6.04 Å². The molecule has 2 aromatic carbocycles. The number of amides is 2. The lowest BCUT2D eigenvalue weighted by Gasteiger charge is -2.22. The lowest BCUT2D eigenvalue weighted by Crippen LogP contribution is -2.39. The molecule has 0 radical (unpaired) electrons. The van der Waals surface area contributed by atoms with Crippen molar-refractivity contribution in [2.24, 2.45) is 0 Å². The third kappa shape index (κ3) is 2.99. The summed E-state index contributed by atoms with van der Waals surface area (Å²) in [6.07, 6.45) is 1.61. The molecule has 1 heterocycles. The second kappa shape index (κ2) is 6.54. The van der Waals surface area contributed by atoms with Crippen LogP contribution >= 0.6 is 0 Å². The molecule has 2 N–H and O–H groups in total. The summed E-state index contributed by atoms with van der Waals surface area (Å²) in [6, 6.07) is 13.8. The molecule has 2 amide bonds. The number of aromatic amines is 1. The van der Waals surface area contributed by atoms with Gasteiger partial charge in [-0.3, -0.25) is 14.7 Å². The second-order valence-electron chi connectivity index (χ2n) is 5.69. The highest BCUT2D eigenvalue weighted by molar-refractivity contribution is 6.07. The Morgan fingerprint density at radius 2 is 1.83 bits per heavy atom. The molecule has 3 rings (SSSR count). The molecule has 0 aliphatic heterocycles. The normalized spacial score (nSPS) is 11.9. The number of hydrogen-bond acceptors (Lipinski definition) is 3. The van der Waals surface area contributed by atoms with Crippen LogP contribution in [0, 0.1) is 0 Å². The first-order valence-electron chi connectivity index (χ1n) is 7.57. The molecule has 0 fully saturated rings. The van der Waals surface area contributed by atoms with Gasteiger partial charge in [0, 0.05) is 19.5 Å². The van der Waals surface area contributed by atoms with E-state index in [0.29, 0.717) is 5.56 Å². The Morgan fingerprint density at radius 1 is 1.08 bits per heavy atom. The Balaban J connectivity index is 1.94. The first-order valence-corrected chi connectivity index (χ1v) is 7.57. The lowest BCUT2D eigenvalue weighted by molar-refractivity contribution is -0.130. The van der Waals surface area contributed by atoms with Crippen molar-refractivity contribution in [3.8, 4) is 0 Å². The maximum atomic E-state index is 12.7. The van der Waals surface area contributed by atoms with Gasteiger partial charge in [-0.1, -0.05) is 36.4 Å². The first-order chi connectivity index (χ1) is 11.6. The summed E-state index contributed by atoms with van der Waals surface area (Å²) < 4.78 is 0. The highest BCUT2D eigenvalue weighted by atomic mass is 16.2. The van der Waals surface area contributed by atoms with Crippen molar-refractivity contribution in [1.82, 2.24) is 20.4 Å². The van der Waals surface area contributed by atoms with Gasteiger partial charge in [-0.05, 0) is 17.7 Å². The Hall–Kier alpha value is -3.15. The summed E-state index contributed by atoms with van der Waals surface area (Å²) in [4.78, 5) is 26.7. The highest BCUT2D eigenvalue weighted by Gasteiger charge is 2.25. The fourth-order valence-corrected chi connectivity index (χ4v) is 2.57. The van der Waals surface area contributed by atoms with Crippen LogP contribution in [0.1, 0.15) is 22.0 Å². The smallest absolute Gasteiger partial charge is 0.252 e. The van der Waals surface area contributed by atoms with Crippen LogP contribution in [0.4, 0.5) is 0 Å². The van der Waals surface area contributed by atoms with Gasteiger partial charge in [-0.2, -0.15) is 5.10 Å². The maximum absolute atomic E-state index is 12.7. The summed E-state index contributed by atoms with van der Waals surface area (Å²) >= 11 is 0. The van der Waals surface area contributed by atoms with Crippen LogP contribution in [0.2, 0.25) is 0 Å². The topological polar surface area (TPSA) is 78.1 Å². The monoisotopic (exact) mass is 322 g/mol. The predicted octanol–water partition coefficient (Wildman–Crippen LogP) is 2.12. The van der Waals surface area contributed by atoms with E-state index in [4.69, 9.17) is 0 Å². The number of nitrogens with one attached hydrogen (secondary N) is 2. The van der Waals surface area contributed by atoms with E-state index in [1.807, 2.05) is 36.4 Å². The third-order valence-corrected chi connectivity index (χ3v) is 3.83. The number of benzene rings is 2. The summed E-state index contributed by atoms with van der Waals surface area (Å²) in [5.41, 5.74) is 2.00. The van der Waals surface area contributed by atoms with Gasteiger partial charge in [0.15, 0.2) is 0 Å². The summed E-state index contributed by atoms with van der Waals surface area (Å²) in [5.74, 6) is -0.500. The summed E-state index contributed by atoms with van der Waals surface area (Å²) in [5, 5.41) is 10.4. The average molecular weight is 322 g/mol. The molecule has 1 atom stereocenters. The molecule has 0 saturated carbocycles. The number of likely N-dealkylation sites (N-methyl/N-ethyl adjacent to an activating group) is 1. The average Bonchev–Trinajstić information content (AvgIpc) is 3.08. The maximum Gasteiger partial charge on any atom is 0.252 e. The summed E-state index contributed by atoms with van der Waals surface area (Å²) in [7, 11) is 3.34. The van der Waals surface area contributed by atoms with Crippen molar-refractivity contribution in [1.29, 1.82) is 0 Å². The Morgan fingerprint density at radius 3 is 2.54 bits per heavy atom. The number of hydrogen-bond donors (Lipinski definition) is 2. The molecular weight excluding hydrogens is 304 g/mol. The van der Waals surface area contributed by atoms with Gasteiger partial charge in [0.2, 0.25) is 5.91 Å². The van der Waals surface area contributed by atoms with Gasteiger partial charge < -0.3 is 10.2 Å². The molecule has 0 aliphatic carbocycles. The van der Waals surface area contributed by atoms with E-state index in [0.717, 1.165) is 16.5 Å². The van der Waals surface area contributed by atoms with Crippen LogP contribution in [0.25, 0.3) is 10.9 Å². The second-order valence-corrected chi connectivity index (χ2v) is 5.69. The van der Waals surface area contributed by atoms with Crippen LogP contribution in [-0.2, 0) is 4.79 Å². The Bertz CT molecular complexity index is 871. The summed E-state index contributed by atoms with van der Waals surface area (Å²) in [6.45, 7) is 0. The SMILES string of the molecule is CN(C)C(=O)C(NC(=O)c1cccc2[nH]ncc12)c1ccccc1. The van der Waals surface area contributed by atoms with Gasteiger partial charge in [-0.25, -0.2) is 0 Å². The van der Waals surface area contributed by atoms with Gasteiger partial charge in [0.25, 0.3) is 5.91 Å². The molecule has 1 aromatic heterocycles. The fourth-order valence-electron chi connectivity index (χ4n) is 2.57. The zero-order valence-corrected chi connectivity index (χ0v) is 13.5. The van der Waals surface area contributed by atoms with E-state index < -0.39 is 6.04 Å². The van der Waals surface area contributed by atoms with Crippen molar-refractivity contribution >= 4 is 22.7 Å². The van der Waals surface area contributed by atoms with Crippen LogP contribution < -0.4 is 5.32 Å². The molecule has 0 bridgehead atoms. The molecule has 3 aromatic rings. The molecule has 6 heteroatoms. The number of H-pyrrole nitrogens is 1. The minimum atomic E-state index is -0.740. The first kappa shape index (κ1) is 15.7. The standard InChI is InChI=1S/C18H18N4O2/c1-22(2)18(24)16(12-7-4-3-5-8-12)20-17(23)13-9-6-10-15-14(13)11-19-21-15/h3-11,16H,1-2H3,(H,19,21)(H,20,23). The largest absolute Gasteiger partial charge is 0.347 e. The van der Waals surface area contributed by atoms with Crippen LogP contribution in [0.5, 0.6) is 0 Å². The van der Waals surface area contributed by atoms with Crippen molar-refractivity contribution in [3.05, 3.63) is 65.9 Å². The van der Waals surface area contributed by atoms with E-state index in [9.17, 15) is 9.59 Å². The van der Waals surface area contributed by atoms with E-state index in [1.54, 1.807) is 32.4 Å². The molecule has 24 heavy (non-hydrogen) atoms. The third-order valence-electron chi connectivity index (χ3n) is 3.83. The zero-order valence-electron chi connectivity index (χ0n) is 13.5. The van der Waals surface area contributed by atoms with Gasteiger partial charge in [0.05, 0.1) is 17.3 Å². The Labute approximate surface area is 139 Å². The van der Waals surface area contributed by atoms with Gasteiger partial charge >= 0.3 is 0 Å². The van der Waals surface area contributed by atoms with Crippen molar-refractivity contribution in [2.75, 3.05) is 14.1 Å². The van der Waals surface area contributed by atoms with Crippen LogP contribution in [0.15, 0.2) is 54.7 Å². The molecule has 0 spiro atoms. The quantitative estimate of drug-likeness (QED) is 0.772.